The first-order chi connectivity index (χ1) is 12.8. The maximum absolute atomic E-state index is 12.8. The van der Waals surface area contributed by atoms with E-state index < -0.39 is 16.7 Å². The van der Waals surface area contributed by atoms with Crippen LogP contribution in [-0.4, -0.2) is 30.2 Å². The van der Waals surface area contributed by atoms with Gasteiger partial charge in [0.15, 0.2) is 0 Å². The highest BCUT2D eigenvalue weighted by Gasteiger charge is 2.32. The lowest BCUT2D eigenvalue weighted by molar-refractivity contribution is -0.383. The van der Waals surface area contributed by atoms with Crippen molar-refractivity contribution in [3.8, 4) is 11.1 Å². The van der Waals surface area contributed by atoms with Gasteiger partial charge in [0, 0.05) is 37.0 Å². The van der Waals surface area contributed by atoms with Crippen molar-refractivity contribution < 1.29 is 22.8 Å². The number of alkyl halides is 3. The van der Waals surface area contributed by atoms with Gasteiger partial charge in [-0.15, -0.1) is 0 Å². The quantitative estimate of drug-likeness (QED) is 0.374. The highest BCUT2D eigenvalue weighted by molar-refractivity contribution is 6.33. The summed E-state index contributed by atoms with van der Waals surface area (Å²) in [6, 6.07) is 4.06. The van der Waals surface area contributed by atoms with Crippen molar-refractivity contribution >= 4 is 23.1 Å². The van der Waals surface area contributed by atoms with Crippen LogP contribution in [0.2, 0.25) is 5.02 Å². The largest absolute Gasteiger partial charge is 0.416 e. The summed E-state index contributed by atoms with van der Waals surface area (Å²) >= 11 is 5.98. The molecule has 0 spiro atoms. The van der Waals surface area contributed by atoms with Crippen LogP contribution in [0.25, 0.3) is 11.1 Å². The second-order valence-corrected chi connectivity index (χ2v) is 6.04. The van der Waals surface area contributed by atoms with Crippen LogP contribution >= 0.6 is 11.6 Å². The predicted molar refractivity (Wildman–Crippen MR) is 95.9 cm³/mol. The van der Waals surface area contributed by atoms with Gasteiger partial charge >= 0.3 is 11.9 Å². The third-order valence-electron chi connectivity index (χ3n) is 3.76. The number of pyridine rings is 1. The number of methoxy groups -OCH3 is 1. The van der Waals surface area contributed by atoms with Gasteiger partial charge in [-0.2, -0.15) is 13.2 Å². The van der Waals surface area contributed by atoms with Gasteiger partial charge in [-0.3, -0.25) is 10.1 Å². The van der Waals surface area contributed by atoms with Crippen molar-refractivity contribution in [3.63, 3.8) is 0 Å². The van der Waals surface area contributed by atoms with E-state index in [2.05, 4.69) is 10.3 Å². The molecule has 6 nitrogen and oxygen atoms in total. The molecule has 0 saturated heterocycles. The van der Waals surface area contributed by atoms with Crippen LogP contribution in [0.4, 0.5) is 24.7 Å². The normalized spacial score (nSPS) is 11.4. The van der Waals surface area contributed by atoms with Crippen LogP contribution in [0.3, 0.4) is 0 Å². The number of rotatable bonds is 8. The Hall–Kier alpha value is -2.39. The molecule has 0 amide bonds. The molecule has 27 heavy (non-hydrogen) atoms. The Labute approximate surface area is 158 Å². The fourth-order valence-corrected chi connectivity index (χ4v) is 2.76. The molecule has 10 heteroatoms. The maximum atomic E-state index is 12.8. The Morgan fingerprint density at radius 2 is 2.00 bits per heavy atom. The molecule has 2 rings (SSSR count). The van der Waals surface area contributed by atoms with Gasteiger partial charge in [-0.1, -0.05) is 17.7 Å². The first-order valence-corrected chi connectivity index (χ1v) is 8.36. The maximum Gasteiger partial charge on any atom is 0.416 e. The molecule has 0 unspecified atom stereocenters. The summed E-state index contributed by atoms with van der Waals surface area (Å²) in [5.74, 6) is 0.0332. The molecule has 0 fully saturated rings. The monoisotopic (exact) mass is 403 g/mol. The van der Waals surface area contributed by atoms with Gasteiger partial charge in [0.05, 0.1) is 16.1 Å². The SMILES string of the molecule is COCCCCNc1nccc(-c2ccc(C(F)(F)F)cc2Cl)c1[N+](=O)[O-]. The van der Waals surface area contributed by atoms with Gasteiger partial charge in [-0.25, -0.2) is 4.98 Å². The number of ether oxygens (including phenoxy) is 1. The molecule has 0 bridgehead atoms. The standard InChI is InChI=1S/C17H17ClF3N3O3/c1-27-9-3-2-7-22-16-15(24(25)26)13(6-8-23-16)12-5-4-11(10-14(12)18)17(19,20)21/h4-6,8,10H,2-3,7,9H2,1H3,(H,22,23). The Morgan fingerprint density at radius 3 is 2.59 bits per heavy atom. The fourth-order valence-electron chi connectivity index (χ4n) is 2.47. The average Bonchev–Trinajstić information content (AvgIpc) is 2.60. The van der Waals surface area contributed by atoms with Gasteiger partial charge in [0.1, 0.15) is 0 Å². The van der Waals surface area contributed by atoms with E-state index in [1.165, 1.54) is 12.3 Å². The number of nitro groups is 1. The number of hydrogen-bond donors (Lipinski definition) is 1. The van der Waals surface area contributed by atoms with Crippen LogP contribution in [0, 0.1) is 10.1 Å². The number of aromatic nitrogens is 1. The van der Waals surface area contributed by atoms with E-state index in [0.29, 0.717) is 19.6 Å². The van der Waals surface area contributed by atoms with Crippen LogP contribution in [0.1, 0.15) is 18.4 Å². The first kappa shape index (κ1) is 20.9. The second kappa shape index (κ2) is 9.01. The zero-order valence-electron chi connectivity index (χ0n) is 14.3. The van der Waals surface area contributed by atoms with Crippen molar-refractivity contribution in [3.05, 3.63) is 51.2 Å². The molecule has 1 aromatic carbocycles. The summed E-state index contributed by atoms with van der Waals surface area (Å²) in [6.07, 6.45) is -1.74. The minimum atomic E-state index is -4.55. The van der Waals surface area contributed by atoms with Crippen LogP contribution in [0.5, 0.6) is 0 Å². The Kier molecular flexibility index (Phi) is 6.98. The summed E-state index contributed by atoms with van der Waals surface area (Å²) in [5.41, 5.74) is -1.05. The van der Waals surface area contributed by atoms with E-state index in [0.717, 1.165) is 24.6 Å². The molecule has 1 aromatic heterocycles. The van der Waals surface area contributed by atoms with Crippen molar-refractivity contribution in [2.75, 3.05) is 25.6 Å². The fraction of sp³-hybridized carbons (Fsp3) is 0.353. The Bertz CT molecular complexity index is 816. The van der Waals surface area contributed by atoms with Gasteiger partial charge < -0.3 is 10.1 Å². The van der Waals surface area contributed by atoms with E-state index in [-0.39, 0.29) is 27.7 Å². The Balaban J connectivity index is 2.37. The molecular weight excluding hydrogens is 387 g/mol. The zero-order chi connectivity index (χ0) is 20.0. The molecule has 2 aromatic rings. The van der Waals surface area contributed by atoms with E-state index in [9.17, 15) is 23.3 Å². The summed E-state index contributed by atoms with van der Waals surface area (Å²) in [6.45, 7) is 1.000. The molecule has 1 heterocycles. The lowest BCUT2D eigenvalue weighted by atomic mass is 10.0. The van der Waals surface area contributed by atoms with Crippen LogP contribution < -0.4 is 5.32 Å². The third-order valence-corrected chi connectivity index (χ3v) is 4.07. The molecule has 0 aliphatic rings. The second-order valence-electron chi connectivity index (χ2n) is 5.63. The number of hydrogen-bond acceptors (Lipinski definition) is 5. The summed E-state index contributed by atoms with van der Waals surface area (Å²) in [7, 11) is 1.58. The lowest BCUT2D eigenvalue weighted by Gasteiger charge is -2.12. The average molecular weight is 404 g/mol. The smallest absolute Gasteiger partial charge is 0.385 e. The first-order valence-electron chi connectivity index (χ1n) is 7.99. The Morgan fingerprint density at radius 1 is 1.26 bits per heavy atom. The predicted octanol–water partition coefficient (Wildman–Crippen LogP) is 5.17. The minimum Gasteiger partial charge on any atom is -0.385 e. The highest BCUT2D eigenvalue weighted by Crippen LogP contribution is 2.40. The van der Waals surface area contributed by atoms with E-state index in [1.54, 1.807) is 7.11 Å². The number of nitrogens with one attached hydrogen (secondary N) is 1. The van der Waals surface area contributed by atoms with Crippen LogP contribution in [-0.2, 0) is 10.9 Å². The van der Waals surface area contributed by atoms with Crippen molar-refractivity contribution in [1.29, 1.82) is 0 Å². The van der Waals surface area contributed by atoms with Crippen molar-refractivity contribution in [2.45, 2.75) is 19.0 Å². The highest BCUT2D eigenvalue weighted by atomic mass is 35.5. The molecular formula is C17H17ClF3N3O3. The minimum absolute atomic E-state index is 0.0332. The van der Waals surface area contributed by atoms with Gasteiger partial charge in [0.2, 0.25) is 5.82 Å². The molecule has 146 valence electrons. The summed E-state index contributed by atoms with van der Waals surface area (Å²) < 4.78 is 43.4. The van der Waals surface area contributed by atoms with Crippen molar-refractivity contribution in [2.24, 2.45) is 0 Å². The number of unbranched alkanes of at least 4 members (excludes halogenated alkanes) is 1. The van der Waals surface area contributed by atoms with Crippen LogP contribution in [0.15, 0.2) is 30.5 Å². The molecule has 0 saturated carbocycles. The lowest BCUT2D eigenvalue weighted by Crippen LogP contribution is -2.08. The zero-order valence-corrected chi connectivity index (χ0v) is 15.1. The third kappa shape index (κ3) is 5.30. The van der Waals surface area contributed by atoms with Gasteiger partial charge in [-0.05, 0) is 31.0 Å². The number of benzene rings is 1. The molecule has 0 aliphatic heterocycles. The number of nitrogens with zero attached hydrogens (tertiary/aromatic N) is 2. The molecule has 0 aliphatic carbocycles. The topological polar surface area (TPSA) is 77.3 Å². The van der Waals surface area contributed by atoms with E-state index in [4.69, 9.17) is 16.3 Å². The summed E-state index contributed by atoms with van der Waals surface area (Å²) in [5, 5.41) is 14.2. The number of halogens is 4. The van der Waals surface area contributed by atoms with Gasteiger partial charge in [0.25, 0.3) is 0 Å². The number of anilines is 1. The van der Waals surface area contributed by atoms with Crippen molar-refractivity contribution in [1.82, 2.24) is 4.98 Å². The van der Waals surface area contributed by atoms with E-state index >= 15 is 0 Å². The molecule has 1 N–H and O–H groups in total. The van der Waals surface area contributed by atoms with E-state index in [1.807, 2.05) is 0 Å². The summed E-state index contributed by atoms with van der Waals surface area (Å²) in [4.78, 5) is 14.9. The molecule has 0 radical (unpaired) electrons. The molecule has 0 atom stereocenters.